The van der Waals surface area contributed by atoms with Crippen molar-refractivity contribution in [1.29, 1.82) is 0 Å². The monoisotopic (exact) mass is 304 g/mol. The van der Waals surface area contributed by atoms with Crippen LogP contribution in [0.15, 0.2) is 24.3 Å². The molecule has 1 aliphatic carbocycles. The van der Waals surface area contributed by atoms with Crippen molar-refractivity contribution in [3.05, 3.63) is 29.8 Å². The van der Waals surface area contributed by atoms with E-state index in [1.54, 1.807) is 12.1 Å². The van der Waals surface area contributed by atoms with Crippen molar-refractivity contribution in [1.82, 2.24) is 0 Å². The van der Waals surface area contributed by atoms with Gasteiger partial charge in [0.15, 0.2) is 6.10 Å². The van der Waals surface area contributed by atoms with E-state index in [0.717, 1.165) is 5.56 Å². The summed E-state index contributed by atoms with van der Waals surface area (Å²) in [6, 6.07) is 6.22. The van der Waals surface area contributed by atoms with Gasteiger partial charge in [0.2, 0.25) is 0 Å². The Kier molecular flexibility index (Phi) is 4.48. The zero-order valence-corrected chi connectivity index (χ0v) is 11.4. The van der Waals surface area contributed by atoms with Gasteiger partial charge in [-0.2, -0.15) is 0 Å². The Morgan fingerprint density at radius 2 is 1.62 bits per heavy atom. The first-order valence-electron chi connectivity index (χ1n) is 6.55. The minimum atomic E-state index is -3.70. The number of rotatable bonds is 3. The molecule has 1 saturated carbocycles. The Labute approximate surface area is 120 Å². The van der Waals surface area contributed by atoms with Crippen molar-refractivity contribution in [2.45, 2.75) is 37.3 Å². The van der Waals surface area contributed by atoms with E-state index in [9.17, 15) is 24.1 Å². The normalized spacial score (nSPS) is 35.5. The quantitative estimate of drug-likeness (QED) is 0.635. The highest BCUT2D eigenvalue weighted by atomic mass is 19.3. The summed E-state index contributed by atoms with van der Waals surface area (Å²) in [5, 5.41) is 38.0. The van der Waals surface area contributed by atoms with Gasteiger partial charge < -0.3 is 25.2 Å². The highest BCUT2D eigenvalue weighted by molar-refractivity contribution is 5.27. The zero-order valence-electron chi connectivity index (χ0n) is 11.4. The molecule has 0 amide bonds. The molecular weight excluding hydrogens is 286 g/mol. The zero-order chi connectivity index (χ0) is 15.8. The number of aliphatic hydroxyl groups is 4. The first kappa shape index (κ1) is 16.1. The third kappa shape index (κ3) is 2.87. The molecule has 5 nitrogen and oxygen atoms in total. The van der Waals surface area contributed by atoms with Gasteiger partial charge in [-0.3, -0.25) is 0 Å². The summed E-state index contributed by atoms with van der Waals surface area (Å²) in [6.07, 6.45) is -7.79. The van der Waals surface area contributed by atoms with Crippen molar-refractivity contribution in [3.8, 4) is 5.75 Å². The van der Waals surface area contributed by atoms with Gasteiger partial charge in [-0.05, 0) is 19.1 Å². The van der Waals surface area contributed by atoms with Crippen LogP contribution in [0, 0.1) is 12.8 Å². The summed E-state index contributed by atoms with van der Waals surface area (Å²) < 4.78 is 33.6. The van der Waals surface area contributed by atoms with Crippen molar-refractivity contribution >= 4 is 0 Å². The SMILES string of the molecule is Cc1ccc(O[C@@H]2[C@H](O)[C@@H](O)[C@H](O)[C@@H](CO)C2(F)F)cc1. The highest BCUT2D eigenvalue weighted by Gasteiger charge is 2.62. The average Bonchev–Trinajstić information content (AvgIpc) is 2.44. The predicted octanol–water partition coefficient (Wildman–Crippen LogP) is 0.0825. The lowest BCUT2D eigenvalue weighted by molar-refractivity contribution is -0.266. The lowest BCUT2D eigenvalue weighted by Crippen LogP contribution is -2.67. The summed E-state index contributed by atoms with van der Waals surface area (Å²) in [7, 11) is 0. The second kappa shape index (κ2) is 5.84. The number of aliphatic hydroxyl groups excluding tert-OH is 4. The van der Waals surface area contributed by atoms with Crippen LogP contribution >= 0.6 is 0 Å². The number of ether oxygens (including phenoxy) is 1. The van der Waals surface area contributed by atoms with E-state index in [4.69, 9.17) is 9.84 Å². The van der Waals surface area contributed by atoms with E-state index < -0.39 is 42.9 Å². The molecule has 2 rings (SSSR count). The Morgan fingerprint density at radius 1 is 1.05 bits per heavy atom. The van der Waals surface area contributed by atoms with E-state index in [1.165, 1.54) is 12.1 Å². The number of alkyl halides is 2. The molecular formula is C14H18F2O5. The number of hydrogen-bond acceptors (Lipinski definition) is 5. The summed E-state index contributed by atoms with van der Waals surface area (Å²) in [5.74, 6) is -5.51. The van der Waals surface area contributed by atoms with Crippen LogP contribution in [0.2, 0.25) is 0 Å². The van der Waals surface area contributed by atoms with Crippen LogP contribution < -0.4 is 4.74 Å². The smallest absolute Gasteiger partial charge is 0.294 e. The topological polar surface area (TPSA) is 90.2 Å². The Bertz CT molecular complexity index is 479. The lowest BCUT2D eigenvalue weighted by Gasteiger charge is -2.45. The molecule has 0 aromatic heterocycles. The fourth-order valence-electron chi connectivity index (χ4n) is 2.43. The second-order valence-electron chi connectivity index (χ2n) is 5.29. The maximum atomic E-state index is 14.3. The molecule has 0 unspecified atom stereocenters. The molecule has 7 heteroatoms. The van der Waals surface area contributed by atoms with Crippen molar-refractivity contribution in [2.24, 2.45) is 5.92 Å². The second-order valence-corrected chi connectivity index (χ2v) is 5.29. The third-order valence-electron chi connectivity index (χ3n) is 3.78. The maximum absolute atomic E-state index is 14.3. The minimum absolute atomic E-state index is 0.101. The molecule has 0 saturated heterocycles. The predicted molar refractivity (Wildman–Crippen MR) is 69.1 cm³/mol. The van der Waals surface area contributed by atoms with Crippen LogP contribution in [0.25, 0.3) is 0 Å². The molecule has 0 radical (unpaired) electrons. The largest absolute Gasteiger partial charge is 0.481 e. The summed E-state index contributed by atoms with van der Waals surface area (Å²) >= 11 is 0. The molecule has 21 heavy (non-hydrogen) atoms. The highest BCUT2D eigenvalue weighted by Crippen LogP contribution is 2.41. The van der Waals surface area contributed by atoms with E-state index in [2.05, 4.69) is 0 Å². The molecule has 0 bridgehead atoms. The van der Waals surface area contributed by atoms with Crippen LogP contribution in [-0.2, 0) is 0 Å². The fraction of sp³-hybridized carbons (Fsp3) is 0.571. The van der Waals surface area contributed by atoms with Gasteiger partial charge in [-0.1, -0.05) is 17.7 Å². The van der Waals surface area contributed by atoms with E-state index in [1.807, 2.05) is 6.92 Å². The first-order chi connectivity index (χ1) is 9.78. The molecule has 0 heterocycles. The average molecular weight is 304 g/mol. The van der Waals surface area contributed by atoms with Gasteiger partial charge in [0, 0.05) is 0 Å². The Hall–Kier alpha value is -1.28. The summed E-state index contributed by atoms with van der Waals surface area (Å²) in [5.41, 5.74) is 0.905. The van der Waals surface area contributed by atoms with Gasteiger partial charge >= 0.3 is 0 Å². The molecule has 0 spiro atoms. The molecule has 1 aromatic rings. The van der Waals surface area contributed by atoms with Gasteiger partial charge in [0.05, 0.1) is 18.6 Å². The van der Waals surface area contributed by atoms with Crippen molar-refractivity contribution < 1.29 is 33.9 Å². The van der Waals surface area contributed by atoms with E-state index in [-0.39, 0.29) is 5.75 Å². The number of aryl methyl sites for hydroxylation is 1. The molecule has 5 atom stereocenters. The van der Waals surface area contributed by atoms with E-state index in [0.29, 0.717) is 0 Å². The summed E-state index contributed by atoms with van der Waals surface area (Å²) in [6.45, 7) is 0.779. The maximum Gasteiger partial charge on any atom is 0.294 e. The van der Waals surface area contributed by atoms with E-state index >= 15 is 0 Å². The van der Waals surface area contributed by atoms with Crippen LogP contribution in [0.3, 0.4) is 0 Å². The number of hydrogen-bond donors (Lipinski definition) is 4. The summed E-state index contributed by atoms with van der Waals surface area (Å²) in [4.78, 5) is 0. The standard InChI is InChI=1S/C14H18F2O5/c1-7-2-4-8(5-3-7)21-13-12(20)11(19)10(18)9(6-17)14(13,15)16/h2-5,9-13,17-20H,6H2,1H3/t9-,10-,11+,12-,13-/m1/s1. The van der Waals surface area contributed by atoms with Gasteiger partial charge in [-0.15, -0.1) is 0 Å². The van der Waals surface area contributed by atoms with Crippen LogP contribution in [0.1, 0.15) is 5.56 Å². The molecule has 1 fully saturated rings. The number of halogens is 2. The van der Waals surface area contributed by atoms with Gasteiger partial charge in [0.25, 0.3) is 5.92 Å². The van der Waals surface area contributed by atoms with Crippen LogP contribution in [-0.4, -0.2) is 57.4 Å². The van der Waals surface area contributed by atoms with Crippen molar-refractivity contribution in [2.75, 3.05) is 6.61 Å². The molecule has 0 aliphatic heterocycles. The molecule has 1 aliphatic rings. The minimum Gasteiger partial charge on any atom is -0.481 e. The first-order valence-corrected chi connectivity index (χ1v) is 6.55. The van der Waals surface area contributed by atoms with Crippen LogP contribution in [0.5, 0.6) is 5.75 Å². The van der Waals surface area contributed by atoms with Gasteiger partial charge in [0.1, 0.15) is 18.0 Å². The van der Waals surface area contributed by atoms with Crippen molar-refractivity contribution in [3.63, 3.8) is 0 Å². The fourth-order valence-corrected chi connectivity index (χ4v) is 2.43. The molecule has 4 N–H and O–H groups in total. The Morgan fingerprint density at radius 3 is 2.14 bits per heavy atom. The van der Waals surface area contributed by atoms with Gasteiger partial charge in [-0.25, -0.2) is 8.78 Å². The lowest BCUT2D eigenvalue weighted by atomic mass is 9.78. The van der Waals surface area contributed by atoms with Crippen LogP contribution in [0.4, 0.5) is 8.78 Å². The molecule has 118 valence electrons. The Balaban J connectivity index is 2.28. The number of benzene rings is 1. The third-order valence-corrected chi connectivity index (χ3v) is 3.78. The molecule has 1 aromatic carbocycles.